The second kappa shape index (κ2) is 5.73. The van der Waals surface area contributed by atoms with E-state index in [9.17, 15) is 0 Å². The highest BCUT2D eigenvalue weighted by Gasteiger charge is 2.19. The fourth-order valence-electron chi connectivity index (χ4n) is 3.22. The highest BCUT2D eigenvalue weighted by atomic mass is 32.1. The molecule has 0 saturated carbocycles. The predicted octanol–water partition coefficient (Wildman–Crippen LogP) is 6.18. The lowest BCUT2D eigenvalue weighted by Crippen LogP contribution is -2.06. The first-order valence-electron chi connectivity index (χ1n) is 8.04. The van der Waals surface area contributed by atoms with E-state index in [0.29, 0.717) is 11.8 Å². The Hall–Kier alpha value is -1.86. The molecule has 22 heavy (non-hydrogen) atoms. The highest BCUT2D eigenvalue weighted by molar-refractivity contribution is 7.14. The first kappa shape index (κ1) is 13.8. The Labute approximate surface area is 136 Å². The topological polar surface area (TPSA) is 0 Å². The van der Waals surface area contributed by atoms with Crippen LogP contribution >= 0.6 is 11.3 Å². The molecule has 4 rings (SSSR count). The molecule has 0 N–H and O–H groups in total. The zero-order valence-electron chi connectivity index (χ0n) is 12.8. The molecule has 2 atom stereocenters. The summed E-state index contributed by atoms with van der Waals surface area (Å²) < 4.78 is 0. The summed E-state index contributed by atoms with van der Waals surface area (Å²) in [6.45, 7) is 2.27. The number of thiophene rings is 1. The highest BCUT2D eigenvalue weighted by Crippen LogP contribution is 2.38. The van der Waals surface area contributed by atoms with Gasteiger partial charge in [0.1, 0.15) is 0 Å². The molecule has 0 nitrogen and oxygen atoms in total. The number of hydrogen-bond donors (Lipinski definition) is 0. The molecular formula is C21H20S. The minimum Gasteiger partial charge on any atom is -0.136 e. The molecule has 3 aliphatic rings. The fourth-order valence-corrected chi connectivity index (χ4v) is 4.29. The van der Waals surface area contributed by atoms with Gasteiger partial charge < -0.3 is 0 Å². The minimum atomic E-state index is 0.560. The summed E-state index contributed by atoms with van der Waals surface area (Å²) in [6.07, 6.45) is 22.7. The number of rotatable bonds is 2. The van der Waals surface area contributed by atoms with Crippen LogP contribution in [0.4, 0.5) is 0 Å². The molecule has 0 radical (unpaired) electrons. The van der Waals surface area contributed by atoms with Crippen LogP contribution in [0.15, 0.2) is 72.4 Å². The number of fused-ring (bicyclic) bond motifs is 1. The summed E-state index contributed by atoms with van der Waals surface area (Å²) >= 11 is 1.93. The van der Waals surface area contributed by atoms with Crippen LogP contribution in [-0.2, 0) is 0 Å². The molecule has 3 aliphatic carbocycles. The third kappa shape index (κ3) is 2.62. The average molecular weight is 304 g/mol. The molecule has 2 unspecified atom stereocenters. The van der Waals surface area contributed by atoms with Crippen molar-refractivity contribution < 1.29 is 0 Å². The van der Waals surface area contributed by atoms with E-state index in [1.807, 2.05) is 11.3 Å². The van der Waals surface area contributed by atoms with E-state index in [0.717, 1.165) is 12.8 Å². The van der Waals surface area contributed by atoms with Crippen molar-refractivity contribution in [2.45, 2.75) is 19.8 Å². The van der Waals surface area contributed by atoms with Gasteiger partial charge in [0.2, 0.25) is 0 Å². The van der Waals surface area contributed by atoms with Gasteiger partial charge in [-0.2, -0.15) is 0 Å². The molecule has 1 aromatic rings. The normalized spacial score (nSPS) is 26.3. The molecule has 1 aromatic heterocycles. The van der Waals surface area contributed by atoms with Gasteiger partial charge in [-0.25, -0.2) is 0 Å². The minimum absolute atomic E-state index is 0.560. The van der Waals surface area contributed by atoms with Gasteiger partial charge in [-0.3, -0.25) is 0 Å². The van der Waals surface area contributed by atoms with Crippen molar-refractivity contribution in [1.29, 1.82) is 0 Å². The van der Waals surface area contributed by atoms with Crippen LogP contribution < -0.4 is 0 Å². The van der Waals surface area contributed by atoms with Gasteiger partial charge in [-0.1, -0.05) is 61.6 Å². The summed E-state index contributed by atoms with van der Waals surface area (Å²) in [5, 5.41) is 0. The first-order valence-corrected chi connectivity index (χ1v) is 8.86. The molecule has 110 valence electrons. The van der Waals surface area contributed by atoms with Crippen molar-refractivity contribution in [3.05, 3.63) is 82.1 Å². The van der Waals surface area contributed by atoms with Gasteiger partial charge in [0, 0.05) is 15.7 Å². The van der Waals surface area contributed by atoms with Crippen molar-refractivity contribution in [1.82, 2.24) is 0 Å². The van der Waals surface area contributed by atoms with E-state index < -0.39 is 0 Å². The van der Waals surface area contributed by atoms with Gasteiger partial charge in [0.25, 0.3) is 0 Å². The van der Waals surface area contributed by atoms with Gasteiger partial charge in [-0.15, -0.1) is 11.3 Å². The molecule has 0 fully saturated rings. The molecule has 0 spiro atoms. The van der Waals surface area contributed by atoms with Crippen molar-refractivity contribution in [2.24, 2.45) is 11.8 Å². The summed E-state index contributed by atoms with van der Waals surface area (Å²) in [5.41, 5.74) is 4.30. The SMILES string of the molecule is CC1C=CC(c2ccc(C3=CC=C4C=CC=CC4C3)s2)=CC1. The summed E-state index contributed by atoms with van der Waals surface area (Å²) in [5.74, 6) is 1.24. The smallest absolute Gasteiger partial charge is 0.0345 e. The summed E-state index contributed by atoms with van der Waals surface area (Å²) in [4.78, 5) is 2.81. The zero-order valence-corrected chi connectivity index (χ0v) is 13.6. The Morgan fingerprint density at radius 2 is 1.91 bits per heavy atom. The summed E-state index contributed by atoms with van der Waals surface area (Å²) in [7, 11) is 0. The molecule has 1 heterocycles. The molecule has 0 saturated heterocycles. The number of hydrogen-bond acceptors (Lipinski definition) is 1. The van der Waals surface area contributed by atoms with Crippen LogP contribution in [-0.4, -0.2) is 0 Å². The van der Waals surface area contributed by atoms with Crippen LogP contribution in [0.1, 0.15) is 29.5 Å². The Morgan fingerprint density at radius 1 is 1.00 bits per heavy atom. The first-order chi connectivity index (χ1) is 10.8. The Bertz CT molecular complexity index is 762. The molecule has 0 aliphatic heterocycles. The van der Waals surface area contributed by atoms with Crippen LogP contribution in [0.3, 0.4) is 0 Å². The average Bonchev–Trinajstić information content (AvgIpc) is 3.05. The Balaban J connectivity index is 1.59. The van der Waals surface area contributed by atoms with Crippen LogP contribution in [0, 0.1) is 11.8 Å². The predicted molar refractivity (Wildman–Crippen MR) is 97.7 cm³/mol. The van der Waals surface area contributed by atoms with Gasteiger partial charge in [-0.05, 0) is 47.6 Å². The maximum atomic E-state index is 2.38. The van der Waals surface area contributed by atoms with E-state index in [1.165, 1.54) is 26.5 Å². The molecule has 1 heteroatoms. The van der Waals surface area contributed by atoms with Crippen molar-refractivity contribution in [3.8, 4) is 0 Å². The van der Waals surface area contributed by atoms with E-state index in [2.05, 4.69) is 73.7 Å². The van der Waals surface area contributed by atoms with E-state index >= 15 is 0 Å². The van der Waals surface area contributed by atoms with Crippen molar-refractivity contribution >= 4 is 22.5 Å². The largest absolute Gasteiger partial charge is 0.136 e. The molecule has 0 aromatic carbocycles. The van der Waals surface area contributed by atoms with Gasteiger partial charge >= 0.3 is 0 Å². The third-order valence-electron chi connectivity index (χ3n) is 4.61. The Kier molecular flexibility index (Phi) is 3.59. The third-order valence-corrected chi connectivity index (χ3v) is 5.82. The van der Waals surface area contributed by atoms with Gasteiger partial charge in [0.15, 0.2) is 0 Å². The molecular weight excluding hydrogens is 284 g/mol. The van der Waals surface area contributed by atoms with E-state index in [-0.39, 0.29) is 0 Å². The lowest BCUT2D eigenvalue weighted by molar-refractivity contribution is 0.739. The van der Waals surface area contributed by atoms with E-state index in [4.69, 9.17) is 0 Å². The number of allylic oxidation sites excluding steroid dienone is 12. The molecule has 0 amide bonds. The second-order valence-corrected chi connectivity index (χ2v) is 7.39. The van der Waals surface area contributed by atoms with Crippen molar-refractivity contribution in [3.63, 3.8) is 0 Å². The van der Waals surface area contributed by atoms with Crippen LogP contribution in [0.5, 0.6) is 0 Å². The molecule has 0 bridgehead atoms. The second-order valence-electron chi connectivity index (χ2n) is 6.31. The maximum Gasteiger partial charge on any atom is 0.0345 e. The monoisotopic (exact) mass is 304 g/mol. The maximum absolute atomic E-state index is 2.38. The van der Waals surface area contributed by atoms with E-state index in [1.54, 1.807) is 0 Å². The lowest BCUT2D eigenvalue weighted by Gasteiger charge is -2.21. The van der Waals surface area contributed by atoms with Gasteiger partial charge in [0.05, 0.1) is 0 Å². The Morgan fingerprint density at radius 3 is 2.77 bits per heavy atom. The quantitative estimate of drug-likeness (QED) is 0.611. The zero-order chi connectivity index (χ0) is 14.9. The van der Waals surface area contributed by atoms with Crippen molar-refractivity contribution in [2.75, 3.05) is 0 Å². The standard InChI is InChI=1S/C21H20S/c1-15-6-8-17(9-7-15)20-12-13-21(22-20)19-11-10-16-4-2-3-5-18(16)14-19/h2-6,8-13,15,18H,7,14H2,1H3. The fraction of sp³-hybridized carbons (Fsp3) is 0.238. The van der Waals surface area contributed by atoms with Crippen LogP contribution in [0.2, 0.25) is 0 Å². The van der Waals surface area contributed by atoms with Crippen LogP contribution in [0.25, 0.3) is 11.1 Å². The summed E-state index contributed by atoms with van der Waals surface area (Å²) in [6, 6.07) is 4.57. The lowest BCUT2D eigenvalue weighted by atomic mass is 9.84.